The Hall–Kier alpha value is -0.720. The summed E-state index contributed by atoms with van der Waals surface area (Å²) in [5.41, 5.74) is 1.17. The number of ether oxygens (including phenoxy) is 1. The third kappa shape index (κ3) is 4.64. The number of carboxylic acids is 1. The van der Waals surface area contributed by atoms with E-state index >= 15 is 0 Å². The first-order valence-corrected chi connectivity index (χ1v) is 9.15. The number of carbonyl (C=O) groups is 1. The van der Waals surface area contributed by atoms with Gasteiger partial charge in [-0.2, -0.15) is 0 Å². The molecule has 0 radical (unpaired) electrons. The number of benzene rings is 1. The highest BCUT2D eigenvalue weighted by Crippen LogP contribution is 2.34. The van der Waals surface area contributed by atoms with Crippen molar-refractivity contribution in [3.05, 3.63) is 28.2 Å². The van der Waals surface area contributed by atoms with E-state index in [-0.39, 0.29) is 10.8 Å². The highest BCUT2D eigenvalue weighted by molar-refractivity contribution is 9.10. The zero-order valence-corrected chi connectivity index (χ0v) is 15.5. The predicted octanol–water partition coefficient (Wildman–Crippen LogP) is 3.63. The van der Waals surface area contributed by atoms with Gasteiger partial charge in [-0.05, 0) is 23.6 Å². The Bertz CT molecular complexity index is 545. The van der Waals surface area contributed by atoms with E-state index < -0.39 is 12.0 Å². The molecule has 1 aromatic rings. The first-order valence-electron chi connectivity index (χ1n) is 7.30. The number of hydrogen-bond donors (Lipinski definition) is 2. The second kappa shape index (κ2) is 7.23. The van der Waals surface area contributed by atoms with Gasteiger partial charge in [-0.3, -0.25) is 10.1 Å². The number of thioether (sulfide) groups is 1. The third-order valence-electron chi connectivity index (χ3n) is 3.54. The highest BCUT2D eigenvalue weighted by atomic mass is 79.9. The molecular formula is C16H22BrNO3S. The van der Waals surface area contributed by atoms with Crippen molar-refractivity contribution in [2.24, 2.45) is 0 Å². The fraction of sp³-hybridized carbons (Fsp3) is 0.562. The van der Waals surface area contributed by atoms with Crippen molar-refractivity contribution in [3.8, 4) is 5.75 Å². The zero-order chi connectivity index (χ0) is 16.3. The minimum Gasteiger partial charge on any atom is -0.493 e. The van der Waals surface area contributed by atoms with Crippen molar-refractivity contribution in [3.63, 3.8) is 0 Å². The van der Waals surface area contributed by atoms with Gasteiger partial charge in [-0.15, -0.1) is 11.8 Å². The minimum absolute atomic E-state index is 0.00781. The summed E-state index contributed by atoms with van der Waals surface area (Å²) in [5, 5.41) is 12.2. The number of carboxylic acid groups (broad SMARTS) is 1. The van der Waals surface area contributed by atoms with Crippen molar-refractivity contribution >= 4 is 33.7 Å². The maximum absolute atomic E-state index is 10.9. The number of aliphatic carboxylic acids is 1. The molecule has 1 aliphatic rings. The maximum Gasteiger partial charge on any atom is 0.321 e. The Morgan fingerprint density at radius 1 is 1.50 bits per heavy atom. The van der Waals surface area contributed by atoms with Crippen LogP contribution in [0.2, 0.25) is 0 Å². The Balaban J connectivity index is 1.91. The summed E-state index contributed by atoms with van der Waals surface area (Å²) in [6, 6.07) is 5.62. The molecule has 2 unspecified atom stereocenters. The van der Waals surface area contributed by atoms with E-state index in [0.29, 0.717) is 12.4 Å². The Kier molecular flexibility index (Phi) is 5.80. The lowest BCUT2D eigenvalue weighted by molar-refractivity contribution is -0.138. The van der Waals surface area contributed by atoms with Crippen molar-refractivity contribution in [2.45, 2.75) is 44.0 Å². The van der Waals surface area contributed by atoms with E-state index in [0.717, 1.165) is 22.2 Å². The fourth-order valence-corrected chi connectivity index (χ4v) is 3.88. The summed E-state index contributed by atoms with van der Waals surface area (Å²) in [5.74, 6) is 0.734. The Labute approximate surface area is 144 Å². The quantitative estimate of drug-likeness (QED) is 0.807. The lowest BCUT2D eigenvalue weighted by Gasteiger charge is -2.23. The van der Waals surface area contributed by atoms with Gasteiger partial charge in [0.05, 0.1) is 12.0 Å². The number of rotatable bonds is 5. The molecule has 1 heterocycles. The van der Waals surface area contributed by atoms with Gasteiger partial charge >= 0.3 is 5.97 Å². The van der Waals surface area contributed by atoms with Crippen LogP contribution in [-0.2, 0) is 10.2 Å². The van der Waals surface area contributed by atoms with Crippen LogP contribution in [-0.4, -0.2) is 34.9 Å². The van der Waals surface area contributed by atoms with Gasteiger partial charge in [0, 0.05) is 22.2 Å². The van der Waals surface area contributed by atoms with Gasteiger partial charge in [0.1, 0.15) is 11.8 Å². The SMILES string of the molecule is CC(C)(C)c1cc(Br)ccc1OCCC1NC(C(=O)O)CS1. The molecule has 1 saturated heterocycles. The summed E-state index contributed by atoms with van der Waals surface area (Å²) in [6.07, 6.45) is 0.786. The molecule has 22 heavy (non-hydrogen) atoms. The molecule has 122 valence electrons. The molecule has 0 amide bonds. The molecule has 0 aromatic heterocycles. The molecule has 1 aliphatic heterocycles. The number of nitrogens with one attached hydrogen (secondary N) is 1. The van der Waals surface area contributed by atoms with Crippen LogP contribution in [0.1, 0.15) is 32.8 Å². The summed E-state index contributed by atoms with van der Waals surface area (Å²) >= 11 is 5.15. The average molecular weight is 388 g/mol. The third-order valence-corrected chi connectivity index (χ3v) is 5.33. The van der Waals surface area contributed by atoms with Gasteiger partial charge in [-0.1, -0.05) is 36.7 Å². The van der Waals surface area contributed by atoms with Crippen LogP contribution in [0.15, 0.2) is 22.7 Å². The van der Waals surface area contributed by atoms with Crippen molar-refractivity contribution in [1.82, 2.24) is 5.32 Å². The average Bonchev–Trinajstić information content (AvgIpc) is 2.88. The Morgan fingerprint density at radius 3 is 2.82 bits per heavy atom. The van der Waals surface area contributed by atoms with Crippen LogP contribution in [0.25, 0.3) is 0 Å². The topological polar surface area (TPSA) is 58.6 Å². The molecule has 0 bridgehead atoms. The molecule has 0 spiro atoms. The van der Waals surface area contributed by atoms with E-state index in [1.807, 2.05) is 12.1 Å². The largest absolute Gasteiger partial charge is 0.493 e. The molecular weight excluding hydrogens is 366 g/mol. The van der Waals surface area contributed by atoms with Gasteiger partial charge in [0.15, 0.2) is 0 Å². The molecule has 2 atom stereocenters. The smallest absolute Gasteiger partial charge is 0.321 e. The van der Waals surface area contributed by atoms with Crippen LogP contribution in [0, 0.1) is 0 Å². The first kappa shape index (κ1) is 17.6. The van der Waals surface area contributed by atoms with E-state index in [4.69, 9.17) is 9.84 Å². The van der Waals surface area contributed by atoms with Crippen LogP contribution in [0.4, 0.5) is 0 Å². The van der Waals surface area contributed by atoms with Crippen LogP contribution in [0.5, 0.6) is 5.75 Å². The summed E-state index contributed by atoms with van der Waals surface area (Å²) in [7, 11) is 0. The van der Waals surface area contributed by atoms with Crippen LogP contribution >= 0.6 is 27.7 Å². The fourth-order valence-electron chi connectivity index (χ4n) is 2.33. The summed E-state index contributed by atoms with van der Waals surface area (Å²) in [4.78, 5) is 10.9. The van der Waals surface area contributed by atoms with Crippen molar-refractivity contribution < 1.29 is 14.6 Å². The van der Waals surface area contributed by atoms with E-state index in [1.54, 1.807) is 11.8 Å². The normalized spacial score (nSPS) is 21.8. The van der Waals surface area contributed by atoms with Crippen molar-refractivity contribution in [2.75, 3.05) is 12.4 Å². The number of halogens is 1. The van der Waals surface area contributed by atoms with Crippen LogP contribution in [0.3, 0.4) is 0 Å². The minimum atomic E-state index is -0.779. The van der Waals surface area contributed by atoms with Gasteiger partial charge in [0.25, 0.3) is 0 Å². The molecule has 0 saturated carbocycles. The standard InChI is InChI=1S/C16H22BrNO3S/c1-16(2,3)11-8-10(17)4-5-13(11)21-7-6-14-18-12(9-22-14)15(19)20/h4-5,8,12,14,18H,6-7,9H2,1-3H3,(H,19,20). The first-order chi connectivity index (χ1) is 10.3. The predicted molar refractivity (Wildman–Crippen MR) is 93.8 cm³/mol. The number of hydrogen-bond acceptors (Lipinski definition) is 4. The van der Waals surface area contributed by atoms with Crippen molar-refractivity contribution in [1.29, 1.82) is 0 Å². The molecule has 2 N–H and O–H groups in total. The molecule has 1 fully saturated rings. The second-order valence-corrected chi connectivity index (χ2v) is 8.56. The van der Waals surface area contributed by atoms with Crippen LogP contribution < -0.4 is 10.1 Å². The zero-order valence-electron chi connectivity index (χ0n) is 13.1. The molecule has 6 heteroatoms. The maximum atomic E-state index is 10.9. The molecule has 1 aromatic carbocycles. The molecule has 2 rings (SSSR count). The summed E-state index contributed by atoms with van der Waals surface area (Å²) in [6.45, 7) is 7.05. The lowest BCUT2D eigenvalue weighted by atomic mass is 9.86. The van der Waals surface area contributed by atoms with E-state index in [9.17, 15) is 4.79 Å². The van der Waals surface area contributed by atoms with E-state index in [2.05, 4.69) is 48.1 Å². The summed E-state index contributed by atoms with van der Waals surface area (Å²) < 4.78 is 7.00. The second-order valence-electron chi connectivity index (χ2n) is 6.41. The van der Waals surface area contributed by atoms with Gasteiger partial charge < -0.3 is 9.84 Å². The highest BCUT2D eigenvalue weighted by Gasteiger charge is 2.29. The molecule has 0 aliphatic carbocycles. The molecule has 4 nitrogen and oxygen atoms in total. The monoisotopic (exact) mass is 387 g/mol. The lowest BCUT2D eigenvalue weighted by Crippen LogP contribution is -2.37. The Morgan fingerprint density at radius 2 is 2.23 bits per heavy atom. The van der Waals surface area contributed by atoms with Gasteiger partial charge in [-0.25, -0.2) is 0 Å². The van der Waals surface area contributed by atoms with Gasteiger partial charge in [0.2, 0.25) is 0 Å². The van der Waals surface area contributed by atoms with E-state index in [1.165, 1.54) is 0 Å².